The molecule has 0 atom stereocenters. The van der Waals surface area contributed by atoms with Crippen molar-refractivity contribution in [3.05, 3.63) is 40.0 Å². The monoisotopic (exact) mass is 404 g/mol. The van der Waals surface area contributed by atoms with E-state index < -0.39 is 17.5 Å². The Morgan fingerprint density at radius 1 is 1.21 bits per heavy atom. The van der Waals surface area contributed by atoms with Gasteiger partial charge in [0.1, 0.15) is 11.3 Å². The number of H-pyrrole nitrogens is 1. The summed E-state index contributed by atoms with van der Waals surface area (Å²) in [6, 6.07) is 0. The lowest BCUT2D eigenvalue weighted by molar-refractivity contribution is 0.00622. The fourth-order valence-electron chi connectivity index (χ4n) is 3.07. The maximum absolute atomic E-state index is 12.7. The average molecular weight is 405 g/mol. The number of ether oxygens (including phenoxy) is 2. The molecule has 0 aliphatic carbocycles. The third kappa shape index (κ3) is 5.47. The molecule has 0 amide bonds. The topological polar surface area (TPSA) is 98.2 Å². The number of rotatable bonds is 8. The van der Waals surface area contributed by atoms with Crippen LogP contribution in [0.1, 0.15) is 78.0 Å². The van der Waals surface area contributed by atoms with E-state index in [1.807, 2.05) is 52.5 Å². The van der Waals surface area contributed by atoms with Gasteiger partial charge in [0.25, 0.3) is 0 Å². The minimum atomic E-state index is -0.631. The Balaban J connectivity index is 2.31. The molecule has 0 aliphatic heterocycles. The molecule has 0 aromatic carbocycles. The molecule has 0 spiro atoms. The molecule has 0 unspecified atom stereocenters. The van der Waals surface area contributed by atoms with Crippen molar-refractivity contribution in [3.8, 4) is 0 Å². The number of nitrogens with one attached hydrogen (secondary N) is 2. The molecule has 0 fully saturated rings. The Kier molecular flexibility index (Phi) is 7.24. The van der Waals surface area contributed by atoms with Gasteiger partial charge in [-0.25, -0.2) is 9.59 Å². The second kappa shape index (κ2) is 9.26. The highest BCUT2D eigenvalue weighted by atomic mass is 16.6. The molecule has 2 rings (SSSR count). The standard InChI is InChI=1S/C21H32N4O4/c1-8-15-17(19(26)28-9-2)16(24-18(15)20(27)29-21(4,5)6)12-22-10-14-11-23-25(7)13(14)3/h11,22,24H,8-10,12H2,1-7H3. The Bertz CT molecular complexity index is 874. The van der Waals surface area contributed by atoms with Gasteiger partial charge in [0, 0.05) is 37.1 Å². The van der Waals surface area contributed by atoms with Crippen molar-refractivity contribution in [2.45, 2.75) is 66.7 Å². The van der Waals surface area contributed by atoms with Crippen LogP contribution in [0, 0.1) is 6.92 Å². The van der Waals surface area contributed by atoms with E-state index in [0.717, 1.165) is 11.3 Å². The van der Waals surface area contributed by atoms with Crippen LogP contribution in [0.15, 0.2) is 6.20 Å². The molecular formula is C21H32N4O4. The first kappa shape index (κ1) is 22.7. The number of esters is 2. The zero-order chi connectivity index (χ0) is 21.8. The number of nitrogens with zero attached hydrogens (tertiary/aromatic N) is 2. The first-order valence-electron chi connectivity index (χ1n) is 9.91. The molecule has 8 nitrogen and oxygen atoms in total. The van der Waals surface area contributed by atoms with Crippen molar-refractivity contribution in [1.29, 1.82) is 0 Å². The van der Waals surface area contributed by atoms with Crippen LogP contribution in [0.2, 0.25) is 0 Å². The van der Waals surface area contributed by atoms with Gasteiger partial charge in [-0.2, -0.15) is 5.10 Å². The van der Waals surface area contributed by atoms with E-state index in [1.165, 1.54) is 0 Å². The SMILES string of the molecule is CCOC(=O)c1c(CNCc2cnn(C)c2C)[nH]c(C(=O)OC(C)(C)C)c1CC. The van der Waals surface area contributed by atoms with Crippen LogP contribution in [-0.4, -0.2) is 38.9 Å². The summed E-state index contributed by atoms with van der Waals surface area (Å²) in [6.45, 7) is 12.3. The van der Waals surface area contributed by atoms with Crippen LogP contribution < -0.4 is 5.32 Å². The lowest BCUT2D eigenvalue weighted by Gasteiger charge is -2.19. The maximum atomic E-state index is 12.7. The Morgan fingerprint density at radius 3 is 2.41 bits per heavy atom. The van der Waals surface area contributed by atoms with E-state index >= 15 is 0 Å². The predicted octanol–water partition coefficient (Wildman–Crippen LogP) is 3.04. The van der Waals surface area contributed by atoms with Crippen molar-refractivity contribution < 1.29 is 19.1 Å². The third-order valence-corrected chi connectivity index (χ3v) is 4.57. The van der Waals surface area contributed by atoms with Gasteiger partial charge in [-0.05, 0) is 46.6 Å². The van der Waals surface area contributed by atoms with Crippen LogP contribution in [0.25, 0.3) is 0 Å². The molecule has 0 saturated carbocycles. The molecule has 8 heteroatoms. The molecule has 0 radical (unpaired) electrons. The van der Waals surface area contributed by atoms with Gasteiger partial charge in [-0.3, -0.25) is 4.68 Å². The van der Waals surface area contributed by atoms with Gasteiger partial charge in [0.2, 0.25) is 0 Å². The smallest absolute Gasteiger partial charge is 0.355 e. The summed E-state index contributed by atoms with van der Waals surface area (Å²) >= 11 is 0. The molecule has 0 saturated heterocycles. The fraction of sp³-hybridized carbons (Fsp3) is 0.571. The first-order chi connectivity index (χ1) is 13.6. The van der Waals surface area contributed by atoms with E-state index in [1.54, 1.807) is 6.92 Å². The Morgan fingerprint density at radius 2 is 1.90 bits per heavy atom. The largest absolute Gasteiger partial charge is 0.462 e. The summed E-state index contributed by atoms with van der Waals surface area (Å²) in [5.41, 5.74) is 3.45. The highest BCUT2D eigenvalue weighted by molar-refractivity contribution is 5.98. The fourth-order valence-corrected chi connectivity index (χ4v) is 3.07. The van der Waals surface area contributed by atoms with Gasteiger partial charge in [-0.15, -0.1) is 0 Å². The number of carbonyl (C=O) groups excluding carboxylic acids is 2. The highest BCUT2D eigenvalue weighted by Gasteiger charge is 2.29. The zero-order valence-corrected chi connectivity index (χ0v) is 18.4. The molecule has 2 aromatic heterocycles. The summed E-state index contributed by atoms with van der Waals surface area (Å²) in [6.07, 6.45) is 2.31. The predicted molar refractivity (Wildman–Crippen MR) is 110 cm³/mol. The minimum absolute atomic E-state index is 0.261. The molecule has 2 N–H and O–H groups in total. The van der Waals surface area contributed by atoms with Crippen LogP contribution in [0.3, 0.4) is 0 Å². The minimum Gasteiger partial charge on any atom is -0.462 e. The van der Waals surface area contributed by atoms with Gasteiger partial charge < -0.3 is 19.8 Å². The average Bonchev–Trinajstić information content (AvgIpc) is 3.15. The van der Waals surface area contributed by atoms with Gasteiger partial charge in [0.15, 0.2) is 0 Å². The van der Waals surface area contributed by atoms with Gasteiger partial charge in [-0.1, -0.05) is 6.92 Å². The zero-order valence-electron chi connectivity index (χ0n) is 18.4. The number of aryl methyl sites for hydroxylation is 1. The number of aromatic amines is 1. The summed E-state index contributed by atoms with van der Waals surface area (Å²) in [5, 5.41) is 7.55. The number of hydrogen-bond donors (Lipinski definition) is 2. The van der Waals surface area contributed by atoms with Gasteiger partial charge >= 0.3 is 11.9 Å². The summed E-state index contributed by atoms with van der Waals surface area (Å²) in [5.74, 6) is -0.918. The maximum Gasteiger partial charge on any atom is 0.355 e. The van der Waals surface area contributed by atoms with Crippen LogP contribution in [-0.2, 0) is 36.0 Å². The normalized spacial score (nSPS) is 11.6. The lowest BCUT2D eigenvalue weighted by atomic mass is 10.1. The molecule has 2 aromatic rings. The molecular weight excluding hydrogens is 372 g/mol. The van der Waals surface area contributed by atoms with Crippen LogP contribution >= 0.6 is 0 Å². The van der Waals surface area contributed by atoms with E-state index in [2.05, 4.69) is 15.4 Å². The Hall–Kier alpha value is -2.61. The van der Waals surface area contributed by atoms with Crippen molar-refractivity contribution in [2.24, 2.45) is 7.05 Å². The number of aromatic nitrogens is 3. The van der Waals surface area contributed by atoms with Crippen molar-refractivity contribution in [1.82, 2.24) is 20.1 Å². The lowest BCUT2D eigenvalue weighted by Crippen LogP contribution is -2.24. The summed E-state index contributed by atoms with van der Waals surface area (Å²) < 4.78 is 12.6. The molecule has 160 valence electrons. The second-order valence-corrected chi connectivity index (χ2v) is 7.89. The quantitative estimate of drug-likeness (QED) is 0.656. The van der Waals surface area contributed by atoms with Gasteiger partial charge in [0.05, 0.1) is 18.4 Å². The van der Waals surface area contributed by atoms with Crippen molar-refractivity contribution in [3.63, 3.8) is 0 Å². The third-order valence-electron chi connectivity index (χ3n) is 4.57. The van der Waals surface area contributed by atoms with Crippen LogP contribution in [0.4, 0.5) is 0 Å². The Labute approximate surface area is 172 Å². The first-order valence-corrected chi connectivity index (χ1v) is 9.91. The van der Waals surface area contributed by atoms with E-state index in [9.17, 15) is 9.59 Å². The van der Waals surface area contributed by atoms with Crippen LogP contribution in [0.5, 0.6) is 0 Å². The molecule has 0 aliphatic rings. The molecule has 0 bridgehead atoms. The summed E-state index contributed by atoms with van der Waals surface area (Å²) in [7, 11) is 1.89. The number of carbonyl (C=O) groups is 2. The van der Waals surface area contributed by atoms with E-state index in [-0.39, 0.29) is 6.61 Å². The highest BCUT2D eigenvalue weighted by Crippen LogP contribution is 2.24. The summed E-state index contributed by atoms with van der Waals surface area (Å²) in [4.78, 5) is 28.4. The van der Waals surface area contributed by atoms with E-state index in [4.69, 9.17) is 9.47 Å². The van der Waals surface area contributed by atoms with E-state index in [0.29, 0.717) is 42.0 Å². The number of hydrogen-bond acceptors (Lipinski definition) is 6. The van der Waals surface area contributed by atoms with Crippen molar-refractivity contribution >= 4 is 11.9 Å². The molecule has 29 heavy (non-hydrogen) atoms. The van der Waals surface area contributed by atoms with Crippen molar-refractivity contribution in [2.75, 3.05) is 6.61 Å². The second-order valence-electron chi connectivity index (χ2n) is 7.89. The molecule has 2 heterocycles.